The van der Waals surface area contributed by atoms with E-state index in [4.69, 9.17) is 15.2 Å². The Morgan fingerprint density at radius 3 is 2.83 bits per heavy atom. The summed E-state index contributed by atoms with van der Waals surface area (Å²) in [5.41, 5.74) is 4.66. The van der Waals surface area contributed by atoms with Crippen LogP contribution in [0.4, 0.5) is 20.3 Å². The number of benzene rings is 1. The fourth-order valence-corrected chi connectivity index (χ4v) is 2.96. The number of hydrogen-bond donors (Lipinski definition) is 3. The summed E-state index contributed by atoms with van der Waals surface area (Å²) in [7, 11) is 3.01. The topological polar surface area (TPSA) is 124 Å². The number of amides is 1. The van der Waals surface area contributed by atoms with Gasteiger partial charge in [-0.3, -0.25) is 4.79 Å². The first-order valence-corrected chi connectivity index (χ1v) is 8.80. The average molecular weight is 418 g/mol. The number of nitrogens with two attached hydrogens (primary N) is 1. The van der Waals surface area contributed by atoms with Crippen LogP contribution in [0.2, 0.25) is 0 Å². The standard InChI is InChI=1S/C19H20F2N6O3/c1-19(7-11(8-20)30-18(22)27-19)12-6-10(4-5-13(12)21)25-17(28)15-16(23-2)26-14(29-3)9-24-15/h4-7,9H,8H2,1-3H3,(H2,22,27)(H,23,26)(H,25,28)/t19-/m0/s1. The van der Waals surface area contributed by atoms with Crippen molar-refractivity contribution in [1.29, 1.82) is 0 Å². The maximum absolute atomic E-state index is 14.6. The molecule has 0 unspecified atom stereocenters. The first kappa shape index (κ1) is 21.0. The lowest BCUT2D eigenvalue weighted by molar-refractivity contribution is 0.102. The number of methoxy groups -OCH3 is 1. The number of ether oxygens (including phenoxy) is 2. The first-order valence-electron chi connectivity index (χ1n) is 8.80. The van der Waals surface area contributed by atoms with Gasteiger partial charge < -0.3 is 25.8 Å². The highest BCUT2D eigenvalue weighted by Gasteiger charge is 2.32. The Hall–Kier alpha value is -3.76. The third-order valence-corrected chi connectivity index (χ3v) is 4.33. The van der Waals surface area contributed by atoms with Gasteiger partial charge >= 0.3 is 0 Å². The lowest BCUT2D eigenvalue weighted by Crippen LogP contribution is -2.31. The van der Waals surface area contributed by atoms with Crippen molar-refractivity contribution in [2.45, 2.75) is 12.5 Å². The molecule has 0 bridgehead atoms. The molecule has 3 rings (SSSR count). The average Bonchev–Trinajstić information content (AvgIpc) is 2.73. The number of nitrogens with zero attached hydrogens (tertiary/aromatic N) is 3. The number of aliphatic imine (C=N–C) groups is 1. The highest BCUT2D eigenvalue weighted by molar-refractivity contribution is 6.06. The van der Waals surface area contributed by atoms with E-state index in [0.717, 1.165) is 0 Å². The van der Waals surface area contributed by atoms with Crippen LogP contribution < -0.4 is 21.1 Å². The third-order valence-electron chi connectivity index (χ3n) is 4.33. The Morgan fingerprint density at radius 2 is 2.17 bits per heavy atom. The lowest BCUT2D eigenvalue weighted by atomic mass is 9.90. The highest BCUT2D eigenvalue weighted by Crippen LogP contribution is 2.35. The molecule has 1 aromatic heterocycles. The minimum Gasteiger partial charge on any atom is -0.480 e. The minimum atomic E-state index is -1.31. The summed E-state index contributed by atoms with van der Waals surface area (Å²) in [5, 5.41) is 5.40. The van der Waals surface area contributed by atoms with E-state index < -0.39 is 23.9 Å². The molecule has 30 heavy (non-hydrogen) atoms. The normalized spacial score (nSPS) is 18.0. The van der Waals surface area contributed by atoms with Gasteiger partial charge in [0.05, 0.1) is 13.3 Å². The molecule has 9 nitrogen and oxygen atoms in total. The smallest absolute Gasteiger partial charge is 0.288 e. The molecule has 158 valence electrons. The van der Waals surface area contributed by atoms with E-state index >= 15 is 0 Å². The molecule has 0 saturated carbocycles. The molecule has 0 saturated heterocycles. The van der Waals surface area contributed by atoms with E-state index in [9.17, 15) is 13.6 Å². The zero-order valence-corrected chi connectivity index (χ0v) is 16.5. The first-order chi connectivity index (χ1) is 14.3. The van der Waals surface area contributed by atoms with E-state index in [0.29, 0.717) is 0 Å². The van der Waals surface area contributed by atoms with Gasteiger partial charge in [-0.15, -0.1) is 0 Å². The predicted octanol–water partition coefficient (Wildman–Crippen LogP) is 2.33. The molecule has 2 aromatic rings. The number of nitrogens with one attached hydrogen (secondary N) is 2. The van der Waals surface area contributed by atoms with Crippen LogP contribution in [0.5, 0.6) is 5.88 Å². The van der Waals surface area contributed by atoms with E-state index in [-0.39, 0.29) is 40.4 Å². The van der Waals surface area contributed by atoms with Crippen LogP contribution in [0.3, 0.4) is 0 Å². The zero-order chi connectivity index (χ0) is 21.9. The van der Waals surface area contributed by atoms with Crippen molar-refractivity contribution < 1.29 is 23.0 Å². The van der Waals surface area contributed by atoms with Gasteiger partial charge in [0.1, 0.15) is 23.8 Å². The Balaban J connectivity index is 1.94. The molecule has 1 aliphatic rings. The number of allylic oxidation sites excluding steroid dienone is 1. The molecule has 0 spiro atoms. The lowest BCUT2D eigenvalue weighted by Gasteiger charge is -2.28. The molecule has 11 heteroatoms. The van der Waals surface area contributed by atoms with Crippen LogP contribution in [0.15, 0.2) is 41.2 Å². The summed E-state index contributed by atoms with van der Waals surface area (Å²) >= 11 is 0. The van der Waals surface area contributed by atoms with E-state index in [1.54, 1.807) is 14.0 Å². The zero-order valence-electron chi connectivity index (χ0n) is 16.5. The molecule has 1 atom stereocenters. The van der Waals surface area contributed by atoms with Crippen LogP contribution in [-0.2, 0) is 10.3 Å². The molecule has 0 radical (unpaired) electrons. The fourth-order valence-electron chi connectivity index (χ4n) is 2.96. The van der Waals surface area contributed by atoms with Crippen molar-refractivity contribution in [3.63, 3.8) is 0 Å². The summed E-state index contributed by atoms with van der Waals surface area (Å²) < 4.78 is 37.7. The number of rotatable bonds is 6. The van der Waals surface area contributed by atoms with E-state index in [1.165, 1.54) is 37.6 Å². The van der Waals surface area contributed by atoms with Crippen LogP contribution in [0.25, 0.3) is 0 Å². The second-order valence-corrected chi connectivity index (χ2v) is 6.45. The quantitative estimate of drug-likeness (QED) is 0.658. The van der Waals surface area contributed by atoms with Gasteiger partial charge in [-0.25, -0.2) is 18.8 Å². The number of amidine groups is 1. The summed E-state index contributed by atoms with van der Waals surface area (Å²) in [6.07, 6.45) is 2.64. The molecular formula is C19H20F2N6O3. The monoisotopic (exact) mass is 418 g/mol. The van der Waals surface area contributed by atoms with Gasteiger partial charge in [0.2, 0.25) is 5.88 Å². The molecule has 2 heterocycles. The number of carbonyl (C=O) groups excluding carboxylic acids is 1. The predicted molar refractivity (Wildman–Crippen MR) is 107 cm³/mol. The summed E-state index contributed by atoms with van der Waals surface area (Å²) in [6.45, 7) is 0.628. The summed E-state index contributed by atoms with van der Waals surface area (Å²) in [6, 6.07) is 3.65. The molecule has 0 fully saturated rings. The Morgan fingerprint density at radius 1 is 1.40 bits per heavy atom. The number of alkyl halides is 1. The number of halogens is 2. The van der Waals surface area contributed by atoms with Crippen LogP contribution in [-0.4, -0.2) is 42.7 Å². The van der Waals surface area contributed by atoms with Crippen molar-refractivity contribution in [3.8, 4) is 5.88 Å². The van der Waals surface area contributed by atoms with Gasteiger partial charge in [-0.05, 0) is 31.2 Å². The van der Waals surface area contributed by atoms with Crippen molar-refractivity contribution in [1.82, 2.24) is 9.97 Å². The van der Waals surface area contributed by atoms with E-state index in [1.807, 2.05) is 0 Å². The maximum Gasteiger partial charge on any atom is 0.288 e. The van der Waals surface area contributed by atoms with E-state index in [2.05, 4.69) is 25.6 Å². The van der Waals surface area contributed by atoms with Crippen molar-refractivity contribution in [2.24, 2.45) is 10.7 Å². The molecular weight excluding hydrogens is 398 g/mol. The van der Waals surface area contributed by atoms with Crippen molar-refractivity contribution >= 4 is 23.4 Å². The Bertz CT molecular complexity index is 1040. The number of carbonyl (C=O) groups is 1. The van der Waals surface area contributed by atoms with Gasteiger partial charge in [0, 0.05) is 18.3 Å². The Kier molecular flexibility index (Phi) is 5.81. The molecule has 4 N–H and O–H groups in total. The van der Waals surface area contributed by atoms with Gasteiger partial charge in [0.25, 0.3) is 11.9 Å². The summed E-state index contributed by atoms with van der Waals surface area (Å²) in [4.78, 5) is 24.9. The molecule has 1 amide bonds. The maximum atomic E-state index is 14.6. The van der Waals surface area contributed by atoms with Crippen molar-refractivity contribution in [3.05, 3.63) is 53.3 Å². The number of hydrogen-bond acceptors (Lipinski definition) is 8. The highest BCUT2D eigenvalue weighted by atomic mass is 19.1. The largest absolute Gasteiger partial charge is 0.480 e. The van der Waals surface area contributed by atoms with Gasteiger partial charge in [0.15, 0.2) is 11.5 Å². The number of anilines is 2. The SMILES string of the molecule is CNc1nc(OC)cnc1C(=O)Nc1ccc(F)c([C@]2(C)C=C(CF)OC(N)=N2)c1. The molecule has 1 aromatic carbocycles. The van der Waals surface area contributed by atoms with Gasteiger partial charge in [-0.1, -0.05) is 0 Å². The van der Waals surface area contributed by atoms with Crippen molar-refractivity contribution in [2.75, 3.05) is 31.5 Å². The van der Waals surface area contributed by atoms with Gasteiger partial charge in [-0.2, -0.15) is 4.98 Å². The summed E-state index contributed by atoms with van der Waals surface area (Å²) in [5.74, 6) is -0.821. The molecule has 0 aliphatic carbocycles. The van der Waals surface area contributed by atoms with Crippen LogP contribution in [0, 0.1) is 5.82 Å². The number of aromatic nitrogens is 2. The van der Waals surface area contributed by atoms with Crippen LogP contribution >= 0.6 is 0 Å². The second kappa shape index (κ2) is 8.31. The minimum absolute atomic E-state index is 0.0170. The second-order valence-electron chi connectivity index (χ2n) is 6.45. The Labute approximate surface area is 171 Å². The molecule has 1 aliphatic heterocycles. The third kappa shape index (κ3) is 4.14. The fraction of sp³-hybridized carbons (Fsp3) is 0.263. The van der Waals surface area contributed by atoms with Crippen LogP contribution in [0.1, 0.15) is 23.0 Å².